The first-order valence-electron chi connectivity index (χ1n) is 12.2. The lowest BCUT2D eigenvalue weighted by Gasteiger charge is -2.40. The number of nitrogens with zero attached hydrogens (tertiary/aromatic N) is 4. The van der Waals surface area contributed by atoms with Gasteiger partial charge in [-0.05, 0) is 74.9 Å². The normalized spacial score (nSPS) is 25.6. The first-order valence-corrected chi connectivity index (χ1v) is 13.0. The molecule has 1 aliphatic heterocycles. The topological polar surface area (TPSA) is 53.5 Å². The van der Waals surface area contributed by atoms with E-state index in [1.54, 1.807) is 18.3 Å². The van der Waals surface area contributed by atoms with Crippen LogP contribution in [0.2, 0.25) is 0 Å². The number of halogens is 2. The Morgan fingerprint density at radius 2 is 2.03 bits per heavy atom. The summed E-state index contributed by atoms with van der Waals surface area (Å²) in [6.07, 6.45) is 6.91. The van der Waals surface area contributed by atoms with Crippen molar-refractivity contribution in [1.29, 1.82) is 0 Å². The number of benzene rings is 1. The highest BCUT2D eigenvalue weighted by Crippen LogP contribution is 2.35. The van der Waals surface area contributed by atoms with Gasteiger partial charge >= 0.3 is 0 Å². The standard InChI is InChI=1S/C25H35F2N5OS/c1-31(15-12-26)34-30-24-11-14-32(25-6-3-13-28-29-25)17-21(24)18-33-23-9-7-19(8-10-23)20-4-2-5-22(27)16-20/h2-6,13,16,19,21,23-24,30H,7-12,14-15,17-18H2,1H3/t19?,21-,23?,24-/m0/s1. The maximum absolute atomic E-state index is 13.6. The number of nitrogens with one attached hydrogen (secondary N) is 1. The molecule has 0 radical (unpaired) electrons. The van der Waals surface area contributed by atoms with Crippen LogP contribution in [0.25, 0.3) is 0 Å². The highest BCUT2D eigenvalue weighted by Gasteiger charge is 2.32. The molecule has 9 heteroatoms. The van der Waals surface area contributed by atoms with Crippen molar-refractivity contribution in [1.82, 2.24) is 19.2 Å². The Kier molecular flexibility index (Phi) is 9.49. The number of hydrogen-bond acceptors (Lipinski definition) is 7. The van der Waals surface area contributed by atoms with E-state index in [1.165, 1.54) is 18.2 Å². The van der Waals surface area contributed by atoms with E-state index in [9.17, 15) is 8.78 Å². The van der Waals surface area contributed by atoms with Gasteiger partial charge in [-0.3, -0.25) is 0 Å². The first-order chi connectivity index (χ1) is 16.6. The molecule has 0 spiro atoms. The third-order valence-electron chi connectivity index (χ3n) is 6.92. The van der Waals surface area contributed by atoms with Gasteiger partial charge in [0.15, 0.2) is 5.82 Å². The molecule has 1 saturated carbocycles. The summed E-state index contributed by atoms with van der Waals surface area (Å²) in [5.41, 5.74) is 1.10. The van der Waals surface area contributed by atoms with Crippen LogP contribution < -0.4 is 9.62 Å². The van der Waals surface area contributed by atoms with Crippen LogP contribution in [0.15, 0.2) is 42.6 Å². The number of alkyl halides is 1. The van der Waals surface area contributed by atoms with Crippen LogP contribution in [0, 0.1) is 11.7 Å². The Bertz CT molecular complexity index is 871. The van der Waals surface area contributed by atoms with Crippen LogP contribution in [0.3, 0.4) is 0 Å². The fourth-order valence-corrected chi connectivity index (χ4v) is 5.72. The smallest absolute Gasteiger partial charge is 0.151 e. The zero-order chi connectivity index (χ0) is 23.8. The average molecular weight is 492 g/mol. The predicted molar refractivity (Wildman–Crippen MR) is 133 cm³/mol. The number of hydrogen-bond donors (Lipinski definition) is 1. The molecule has 1 aromatic carbocycles. The van der Waals surface area contributed by atoms with Gasteiger partial charge in [-0.2, -0.15) is 5.10 Å². The van der Waals surface area contributed by atoms with Gasteiger partial charge in [0, 0.05) is 49.9 Å². The van der Waals surface area contributed by atoms with Gasteiger partial charge in [-0.1, -0.05) is 12.1 Å². The molecule has 0 bridgehead atoms. The molecule has 2 fully saturated rings. The summed E-state index contributed by atoms with van der Waals surface area (Å²) < 4.78 is 38.1. The minimum atomic E-state index is -0.360. The molecule has 0 unspecified atom stereocenters. The lowest BCUT2D eigenvalue weighted by atomic mass is 9.82. The number of aromatic nitrogens is 2. The highest BCUT2D eigenvalue weighted by molar-refractivity contribution is 7.95. The van der Waals surface area contributed by atoms with Crippen LogP contribution >= 0.6 is 12.1 Å². The summed E-state index contributed by atoms with van der Waals surface area (Å²) in [4.78, 5) is 2.27. The van der Waals surface area contributed by atoms with Crippen LogP contribution in [0.1, 0.15) is 43.6 Å². The van der Waals surface area contributed by atoms with Crippen LogP contribution in [-0.4, -0.2) is 66.6 Å². The van der Waals surface area contributed by atoms with E-state index >= 15 is 0 Å². The molecule has 1 aromatic heterocycles. The van der Waals surface area contributed by atoms with Crippen molar-refractivity contribution in [3.8, 4) is 0 Å². The molecule has 2 aromatic rings. The van der Waals surface area contributed by atoms with Gasteiger partial charge in [-0.15, -0.1) is 5.10 Å². The molecule has 1 saturated heterocycles. The van der Waals surface area contributed by atoms with E-state index in [0.29, 0.717) is 19.1 Å². The number of piperidine rings is 1. The Balaban J connectivity index is 1.31. The number of ether oxygens (including phenoxy) is 1. The van der Waals surface area contributed by atoms with E-state index in [2.05, 4.69) is 19.8 Å². The largest absolute Gasteiger partial charge is 0.378 e. The van der Waals surface area contributed by atoms with Crippen molar-refractivity contribution in [2.24, 2.45) is 5.92 Å². The quantitative estimate of drug-likeness (QED) is 0.487. The third kappa shape index (κ3) is 7.10. The van der Waals surface area contributed by atoms with Gasteiger partial charge in [0.1, 0.15) is 12.5 Å². The Hall–Kier alpha value is -1.81. The average Bonchev–Trinajstić information content (AvgIpc) is 2.87. The summed E-state index contributed by atoms with van der Waals surface area (Å²) in [5, 5.41) is 8.32. The van der Waals surface area contributed by atoms with E-state index in [1.807, 2.05) is 29.6 Å². The van der Waals surface area contributed by atoms with Gasteiger partial charge in [0.05, 0.1) is 12.7 Å². The second kappa shape index (κ2) is 12.8. The summed E-state index contributed by atoms with van der Waals surface area (Å²) in [7, 11) is 1.90. The van der Waals surface area contributed by atoms with Gasteiger partial charge < -0.3 is 9.64 Å². The Morgan fingerprint density at radius 1 is 1.18 bits per heavy atom. The lowest BCUT2D eigenvalue weighted by molar-refractivity contribution is -0.00205. The Morgan fingerprint density at radius 3 is 2.76 bits per heavy atom. The van der Waals surface area contributed by atoms with Gasteiger partial charge in [-0.25, -0.2) is 17.8 Å². The van der Waals surface area contributed by atoms with Crippen molar-refractivity contribution in [3.05, 3.63) is 54.0 Å². The van der Waals surface area contributed by atoms with E-state index in [-0.39, 0.29) is 30.6 Å². The van der Waals surface area contributed by atoms with Crippen molar-refractivity contribution >= 4 is 18.0 Å². The van der Waals surface area contributed by atoms with Crippen molar-refractivity contribution < 1.29 is 13.5 Å². The molecule has 4 rings (SSSR count). The summed E-state index contributed by atoms with van der Waals surface area (Å²) >= 11 is 1.48. The van der Waals surface area contributed by atoms with E-state index < -0.39 is 0 Å². The molecular formula is C25H35F2N5OS. The second-order valence-electron chi connectivity index (χ2n) is 9.29. The summed E-state index contributed by atoms with van der Waals surface area (Å²) in [5.74, 6) is 1.43. The summed E-state index contributed by atoms with van der Waals surface area (Å²) in [6, 6.07) is 11.2. The fraction of sp³-hybridized carbons (Fsp3) is 0.600. The molecule has 0 amide bonds. The monoisotopic (exact) mass is 491 g/mol. The fourth-order valence-electron chi connectivity index (χ4n) is 4.93. The molecule has 186 valence electrons. The Labute approximate surface area is 205 Å². The molecular weight excluding hydrogens is 456 g/mol. The molecule has 34 heavy (non-hydrogen) atoms. The van der Waals surface area contributed by atoms with Crippen LogP contribution in [-0.2, 0) is 4.74 Å². The third-order valence-corrected chi connectivity index (χ3v) is 7.82. The first kappa shape index (κ1) is 25.3. The minimum Gasteiger partial charge on any atom is -0.378 e. The number of rotatable bonds is 10. The van der Waals surface area contributed by atoms with Crippen LogP contribution in [0.5, 0.6) is 0 Å². The molecule has 2 atom stereocenters. The maximum atomic E-state index is 13.6. The molecule has 1 N–H and O–H groups in total. The molecule has 1 aliphatic carbocycles. The second-order valence-corrected chi connectivity index (χ2v) is 10.3. The SMILES string of the molecule is CN(CCF)SN[C@H]1CCN(c2cccnn2)C[C@H]1COC1CCC(c2cccc(F)c2)CC1. The zero-order valence-corrected chi connectivity index (χ0v) is 20.6. The summed E-state index contributed by atoms with van der Waals surface area (Å²) in [6.45, 7) is 2.42. The molecule has 2 aliphatic rings. The van der Waals surface area contributed by atoms with Crippen molar-refractivity contribution in [2.75, 3.05) is 44.9 Å². The van der Waals surface area contributed by atoms with Crippen LogP contribution in [0.4, 0.5) is 14.6 Å². The lowest BCUT2D eigenvalue weighted by Crippen LogP contribution is -2.50. The van der Waals surface area contributed by atoms with Gasteiger partial charge in [0.25, 0.3) is 0 Å². The zero-order valence-electron chi connectivity index (χ0n) is 19.8. The predicted octanol–water partition coefficient (Wildman–Crippen LogP) is 4.61. The van der Waals surface area contributed by atoms with Crippen molar-refractivity contribution in [3.63, 3.8) is 0 Å². The van der Waals surface area contributed by atoms with Gasteiger partial charge in [0.2, 0.25) is 0 Å². The highest BCUT2D eigenvalue weighted by atomic mass is 32.2. The van der Waals surface area contributed by atoms with Crippen molar-refractivity contribution in [2.45, 2.75) is 50.2 Å². The van der Waals surface area contributed by atoms with E-state index in [0.717, 1.165) is 56.6 Å². The minimum absolute atomic E-state index is 0.158. The number of anilines is 1. The van der Waals surface area contributed by atoms with E-state index in [4.69, 9.17) is 4.74 Å². The maximum Gasteiger partial charge on any atom is 0.151 e. The molecule has 6 nitrogen and oxygen atoms in total. The molecule has 2 heterocycles.